The molecule has 1 fully saturated rings. The van der Waals surface area contributed by atoms with Crippen LogP contribution in [0, 0.1) is 5.92 Å². The van der Waals surface area contributed by atoms with E-state index in [9.17, 15) is 5.11 Å². The Morgan fingerprint density at radius 2 is 1.83 bits per heavy atom. The minimum atomic E-state index is -0.225. The summed E-state index contributed by atoms with van der Waals surface area (Å²) < 4.78 is 5.42. The predicted molar refractivity (Wildman–Crippen MR) is 121 cm³/mol. The number of benzene rings is 2. The molecule has 0 aromatic heterocycles. The van der Waals surface area contributed by atoms with Crippen molar-refractivity contribution in [1.29, 1.82) is 0 Å². The lowest BCUT2D eigenvalue weighted by molar-refractivity contribution is 0.0579. The van der Waals surface area contributed by atoms with Crippen molar-refractivity contribution < 1.29 is 14.9 Å². The van der Waals surface area contributed by atoms with E-state index in [4.69, 9.17) is 21.4 Å². The molecule has 0 spiro atoms. The maximum Gasteiger partial charge on any atom is 0.119 e. The molecule has 3 atom stereocenters. The molecule has 0 radical (unpaired) electrons. The van der Waals surface area contributed by atoms with E-state index < -0.39 is 0 Å². The molecule has 3 rings (SSSR count). The van der Waals surface area contributed by atoms with Crippen LogP contribution >= 0.6 is 11.6 Å². The normalized spacial score (nSPS) is 24.3. The second kappa shape index (κ2) is 10.6. The van der Waals surface area contributed by atoms with Gasteiger partial charge in [0.05, 0.1) is 13.2 Å². The summed E-state index contributed by atoms with van der Waals surface area (Å²) in [4.78, 5) is 2.43. The van der Waals surface area contributed by atoms with Gasteiger partial charge in [-0.1, -0.05) is 42.8 Å². The van der Waals surface area contributed by atoms with E-state index >= 15 is 0 Å². The Bertz CT molecular complexity index is 784. The van der Waals surface area contributed by atoms with Crippen molar-refractivity contribution in [2.45, 2.75) is 38.4 Å². The maximum atomic E-state index is 10.1. The number of ether oxygens (including phenoxy) is 1. The summed E-state index contributed by atoms with van der Waals surface area (Å²) in [5.41, 5.74) is 2.21. The number of nitrogens with one attached hydrogen (secondary N) is 1. The maximum absolute atomic E-state index is 10.1. The van der Waals surface area contributed by atoms with E-state index in [1.165, 1.54) is 11.1 Å². The van der Waals surface area contributed by atoms with Gasteiger partial charge in [0.1, 0.15) is 12.4 Å². The molecular weight excluding hydrogens is 400 g/mol. The Labute approximate surface area is 184 Å². The number of halogens is 1. The lowest BCUT2D eigenvalue weighted by Gasteiger charge is -2.37. The monoisotopic (exact) mass is 432 g/mol. The number of hydrogen-bond acceptors (Lipinski definition) is 5. The Morgan fingerprint density at radius 1 is 1.13 bits per heavy atom. The zero-order valence-electron chi connectivity index (χ0n) is 17.9. The van der Waals surface area contributed by atoms with Crippen LogP contribution in [0.5, 0.6) is 5.75 Å². The average molecular weight is 433 g/mol. The molecule has 0 aliphatic carbocycles. The summed E-state index contributed by atoms with van der Waals surface area (Å²) in [5.74, 6) is 1.15. The number of likely N-dealkylation sites (tertiary alicyclic amines) is 1. The highest BCUT2D eigenvalue weighted by Crippen LogP contribution is 2.46. The number of aliphatic hydroxyl groups excluding tert-OH is 2. The molecule has 1 heterocycles. The van der Waals surface area contributed by atoms with Crippen LogP contribution in [0.4, 0.5) is 0 Å². The molecule has 0 unspecified atom stereocenters. The summed E-state index contributed by atoms with van der Waals surface area (Å²) in [6.45, 7) is 7.31. The van der Waals surface area contributed by atoms with Crippen LogP contribution in [0.25, 0.3) is 0 Å². The van der Waals surface area contributed by atoms with Gasteiger partial charge in [-0.25, -0.2) is 0 Å². The van der Waals surface area contributed by atoms with E-state index in [1.54, 1.807) is 0 Å². The molecule has 2 aromatic rings. The molecule has 2 aromatic carbocycles. The fraction of sp³-hybridized carbons (Fsp3) is 0.500. The van der Waals surface area contributed by atoms with Gasteiger partial charge >= 0.3 is 0 Å². The lowest BCUT2D eigenvalue weighted by atomic mass is 9.90. The zero-order valence-corrected chi connectivity index (χ0v) is 18.6. The van der Waals surface area contributed by atoms with E-state index in [0.29, 0.717) is 12.5 Å². The SMILES string of the molecule is CCN1[C@@H](c2ccc(Cl)cc2)[C@@H](CNCc2ccc(OCCO)cc2)C[C@@]1(C)CO. The Balaban J connectivity index is 1.67. The van der Waals surface area contributed by atoms with Crippen LogP contribution in [0.2, 0.25) is 5.02 Å². The number of nitrogens with zero attached hydrogens (tertiary/aromatic N) is 1. The predicted octanol–water partition coefficient (Wildman–Crippen LogP) is 3.63. The van der Waals surface area contributed by atoms with Gasteiger partial charge in [-0.15, -0.1) is 0 Å². The quantitative estimate of drug-likeness (QED) is 0.535. The Hall–Kier alpha value is -1.63. The summed E-state index contributed by atoms with van der Waals surface area (Å²) in [6.07, 6.45) is 0.936. The number of hydrogen-bond donors (Lipinski definition) is 3. The van der Waals surface area contributed by atoms with Gasteiger partial charge in [0, 0.05) is 29.7 Å². The molecule has 0 saturated carbocycles. The molecule has 1 saturated heterocycles. The number of rotatable bonds is 10. The summed E-state index contributed by atoms with van der Waals surface area (Å²) in [7, 11) is 0. The first kappa shape index (κ1) is 23.0. The van der Waals surface area contributed by atoms with Gasteiger partial charge in [-0.3, -0.25) is 4.90 Å². The van der Waals surface area contributed by atoms with E-state index in [1.807, 2.05) is 36.4 Å². The van der Waals surface area contributed by atoms with E-state index in [0.717, 1.165) is 36.8 Å². The minimum Gasteiger partial charge on any atom is -0.491 e. The van der Waals surface area contributed by atoms with Crippen molar-refractivity contribution in [3.05, 3.63) is 64.7 Å². The van der Waals surface area contributed by atoms with Gasteiger partial charge in [-0.2, -0.15) is 0 Å². The van der Waals surface area contributed by atoms with Gasteiger partial charge in [0.2, 0.25) is 0 Å². The summed E-state index contributed by atoms with van der Waals surface area (Å²) in [5, 5.41) is 23.3. The largest absolute Gasteiger partial charge is 0.491 e. The molecule has 1 aliphatic rings. The van der Waals surface area contributed by atoms with Crippen LogP contribution < -0.4 is 10.1 Å². The highest BCUT2D eigenvalue weighted by molar-refractivity contribution is 6.30. The van der Waals surface area contributed by atoms with Crippen molar-refractivity contribution >= 4 is 11.6 Å². The van der Waals surface area contributed by atoms with Crippen molar-refractivity contribution in [3.8, 4) is 5.75 Å². The topological polar surface area (TPSA) is 65.0 Å². The smallest absolute Gasteiger partial charge is 0.119 e. The third kappa shape index (κ3) is 5.34. The van der Waals surface area contributed by atoms with Crippen LogP contribution in [0.15, 0.2) is 48.5 Å². The summed E-state index contributed by atoms with van der Waals surface area (Å²) in [6, 6.07) is 16.3. The molecule has 0 amide bonds. The standard InChI is InChI=1S/C24H33ClN2O3/c1-3-27-23(19-6-8-21(25)9-7-19)20(14-24(27,2)17-29)16-26-15-18-4-10-22(11-5-18)30-13-12-28/h4-11,20,23,26,28-29H,3,12-17H2,1-2H3/t20-,23+,24+/m1/s1. The number of aliphatic hydroxyl groups is 2. The van der Waals surface area contributed by atoms with Crippen LogP contribution in [-0.4, -0.2) is 53.6 Å². The first-order valence-corrected chi connectivity index (χ1v) is 11.0. The third-order valence-electron chi connectivity index (χ3n) is 6.09. The second-order valence-corrected chi connectivity index (χ2v) is 8.69. The third-order valence-corrected chi connectivity index (χ3v) is 6.34. The minimum absolute atomic E-state index is 0.0149. The molecule has 30 heavy (non-hydrogen) atoms. The van der Waals surface area contributed by atoms with Gasteiger partial charge in [0.15, 0.2) is 0 Å². The van der Waals surface area contributed by atoms with Gasteiger partial charge in [0.25, 0.3) is 0 Å². The molecule has 6 heteroatoms. The van der Waals surface area contributed by atoms with Crippen LogP contribution in [-0.2, 0) is 6.54 Å². The highest BCUT2D eigenvalue weighted by Gasteiger charge is 2.47. The van der Waals surface area contributed by atoms with Crippen LogP contribution in [0.3, 0.4) is 0 Å². The van der Waals surface area contributed by atoms with Crippen molar-refractivity contribution in [3.63, 3.8) is 0 Å². The Kier molecular flexibility index (Phi) is 8.14. The number of likely N-dealkylation sites (N-methyl/N-ethyl adjacent to an activating group) is 1. The Morgan fingerprint density at radius 3 is 2.43 bits per heavy atom. The zero-order chi connectivity index (χ0) is 21.6. The van der Waals surface area contributed by atoms with Gasteiger partial charge in [-0.05, 0) is 61.2 Å². The molecular formula is C24H33ClN2O3. The fourth-order valence-electron chi connectivity index (χ4n) is 4.68. The molecule has 5 nitrogen and oxygen atoms in total. The van der Waals surface area contributed by atoms with Gasteiger partial charge < -0.3 is 20.3 Å². The first-order valence-electron chi connectivity index (χ1n) is 10.7. The van der Waals surface area contributed by atoms with Crippen molar-refractivity contribution in [2.75, 3.05) is 32.9 Å². The lowest BCUT2D eigenvalue weighted by Crippen LogP contribution is -2.45. The van der Waals surface area contributed by atoms with Crippen molar-refractivity contribution in [2.24, 2.45) is 5.92 Å². The molecule has 164 valence electrons. The molecule has 3 N–H and O–H groups in total. The second-order valence-electron chi connectivity index (χ2n) is 8.25. The summed E-state index contributed by atoms with van der Waals surface area (Å²) >= 11 is 6.11. The van der Waals surface area contributed by atoms with E-state index in [-0.39, 0.29) is 24.8 Å². The first-order chi connectivity index (χ1) is 14.5. The van der Waals surface area contributed by atoms with Crippen LogP contribution in [0.1, 0.15) is 37.4 Å². The van der Waals surface area contributed by atoms with E-state index in [2.05, 4.69) is 36.2 Å². The highest BCUT2D eigenvalue weighted by atomic mass is 35.5. The molecule has 0 bridgehead atoms. The van der Waals surface area contributed by atoms with Crippen molar-refractivity contribution in [1.82, 2.24) is 10.2 Å². The fourth-order valence-corrected chi connectivity index (χ4v) is 4.81. The molecule has 1 aliphatic heterocycles. The average Bonchev–Trinajstić information content (AvgIpc) is 3.05.